The van der Waals surface area contributed by atoms with Crippen LogP contribution < -0.4 is 0 Å². The van der Waals surface area contributed by atoms with Crippen LogP contribution in [0.4, 0.5) is 4.39 Å². The van der Waals surface area contributed by atoms with Gasteiger partial charge in [0.15, 0.2) is 5.76 Å². The van der Waals surface area contributed by atoms with Gasteiger partial charge >= 0.3 is 0 Å². The second-order valence-corrected chi connectivity index (χ2v) is 6.03. The standard InChI is InChI=1S/C18H16FN3O3/c19-14-7-5-12(6-8-14)16-20-17(25-21-16)13-3-1-9-22(11-13)18(23)15-4-2-10-24-15/h2,4-8,10,13H,1,3,9,11H2/t13-/m0/s1. The lowest BCUT2D eigenvalue weighted by molar-refractivity contribution is 0.0663. The van der Waals surface area contributed by atoms with Crippen LogP contribution in [-0.2, 0) is 0 Å². The molecule has 2 aromatic heterocycles. The van der Waals surface area contributed by atoms with Crippen LogP contribution in [0.25, 0.3) is 11.4 Å². The van der Waals surface area contributed by atoms with Gasteiger partial charge in [-0.05, 0) is 49.2 Å². The van der Waals surface area contributed by atoms with Crippen molar-refractivity contribution in [3.8, 4) is 11.4 Å². The van der Waals surface area contributed by atoms with E-state index in [4.69, 9.17) is 8.94 Å². The average Bonchev–Trinajstić information content (AvgIpc) is 3.34. The number of furan rings is 1. The first kappa shape index (κ1) is 15.6. The number of piperidine rings is 1. The molecule has 3 heterocycles. The molecule has 3 aromatic rings. The summed E-state index contributed by atoms with van der Waals surface area (Å²) in [6, 6.07) is 9.29. The molecule has 7 heteroatoms. The minimum absolute atomic E-state index is 0.0191. The monoisotopic (exact) mass is 341 g/mol. The first-order valence-corrected chi connectivity index (χ1v) is 8.13. The summed E-state index contributed by atoms with van der Waals surface area (Å²) in [5.74, 6) is 0.785. The first-order valence-electron chi connectivity index (χ1n) is 8.13. The number of hydrogen-bond acceptors (Lipinski definition) is 5. The Morgan fingerprint density at radius 1 is 1.24 bits per heavy atom. The zero-order valence-electron chi connectivity index (χ0n) is 13.4. The van der Waals surface area contributed by atoms with E-state index in [2.05, 4.69) is 10.1 Å². The quantitative estimate of drug-likeness (QED) is 0.729. The van der Waals surface area contributed by atoms with E-state index in [9.17, 15) is 9.18 Å². The second kappa shape index (κ2) is 6.51. The molecule has 0 N–H and O–H groups in total. The van der Waals surface area contributed by atoms with Crippen molar-refractivity contribution in [2.24, 2.45) is 0 Å². The van der Waals surface area contributed by atoms with E-state index in [-0.39, 0.29) is 17.6 Å². The van der Waals surface area contributed by atoms with Crippen molar-refractivity contribution >= 4 is 5.91 Å². The van der Waals surface area contributed by atoms with E-state index in [1.165, 1.54) is 18.4 Å². The summed E-state index contributed by atoms with van der Waals surface area (Å²) in [4.78, 5) is 18.6. The molecule has 0 radical (unpaired) electrons. The molecule has 1 aliphatic heterocycles. The van der Waals surface area contributed by atoms with Gasteiger partial charge in [0.05, 0.1) is 12.2 Å². The van der Waals surface area contributed by atoms with Crippen molar-refractivity contribution in [1.82, 2.24) is 15.0 Å². The molecule has 1 amide bonds. The molecule has 0 unspecified atom stereocenters. The number of benzene rings is 1. The topological polar surface area (TPSA) is 72.4 Å². The normalized spacial score (nSPS) is 17.6. The van der Waals surface area contributed by atoms with Crippen LogP contribution in [0, 0.1) is 5.82 Å². The van der Waals surface area contributed by atoms with Gasteiger partial charge < -0.3 is 13.8 Å². The van der Waals surface area contributed by atoms with E-state index < -0.39 is 0 Å². The Kier molecular flexibility index (Phi) is 4.05. The van der Waals surface area contributed by atoms with E-state index in [1.54, 1.807) is 29.2 Å². The number of carbonyl (C=O) groups excluding carboxylic acids is 1. The lowest BCUT2D eigenvalue weighted by Gasteiger charge is -2.30. The molecule has 1 atom stereocenters. The summed E-state index contributed by atoms with van der Waals surface area (Å²) in [5.41, 5.74) is 0.690. The maximum Gasteiger partial charge on any atom is 0.289 e. The Morgan fingerprint density at radius 3 is 2.84 bits per heavy atom. The lowest BCUT2D eigenvalue weighted by Crippen LogP contribution is -2.39. The fraction of sp³-hybridized carbons (Fsp3) is 0.278. The summed E-state index contributed by atoms with van der Waals surface area (Å²) >= 11 is 0. The molecule has 1 aromatic carbocycles. The fourth-order valence-corrected chi connectivity index (χ4v) is 3.04. The van der Waals surface area contributed by atoms with Gasteiger partial charge in [-0.15, -0.1) is 0 Å². The third-order valence-corrected chi connectivity index (χ3v) is 4.33. The van der Waals surface area contributed by atoms with E-state index in [1.807, 2.05) is 0 Å². The minimum Gasteiger partial charge on any atom is -0.459 e. The Morgan fingerprint density at radius 2 is 2.08 bits per heavy atom. The van der Waals surface area contributed by atoms with Gasteiger partial charge in [0.25, 0.3) is 5.91 Å². The summed E-state index contributed by atoms with van der Waals surface area (Å²) in [6.07, 6.45) is 3.21. The molecule has 0 saturated carbocycles. The summed E-state index contributed by atoms with van der Waals surface area (Å²) < 4.78 is 23.6. The van der Waals surface area contributed by atoms with E-state index in [0.29, 0.717) is 36.1 Å². The predicted molar refractivity (Wildman–Crippen MR) is 86.3 cm³/mol. The number of halogens is 1. The van der Waals surface area contributed by atoms with Crippen molar-refractivity contribution in [2.75, 3.05) is 13.1 Å². The van der Waals surface area contributed by atoms with Gasteiger partial charge in [0, 0.05) is 18.7 Å². The molecule has 128 valence electrons. The number of hydrogen-bond donors (Lipinski definition) is 0. The van der Waals surface area contributed by atoms with Crippen LogP contribution in [0.1, 0.15) is 35.2 Å². The summed E-state index contributed by atoms with van der Waals surface area (Å²) in [5, 5.41) is 3.98. The van der Waals surface area contributed by atoms with E-state index in [0.717, 1.165) is 12.8 Å². The van der Waals surface area contributed by atoms with Gasteiger partial charge in [-0.3, -0.25) is 4.79 Å². The maximum absolute atomic E-state index is 13.0. The van der Waals surface area contributed by atoms with Crippen LogP contribution >= 0.6 is 0 Å². The number of likely N-dealkylation sites (tertiary alicyclic amines) is 1. The molecule has 25 heavy (non-hydrogen) atoms. The molecular formula is C18H16FN3O3. The summed E-state index contributed by atoms with van der Waals surface area (Å²) in [6.45, 7) is 1.18. The van der Waals surface area contributed by atoms with Crippen molar-refractivity contribution < 1.29 is 18.1 Å². The van der Waals surface area contributed by atoms with Crippen LogP contribution in [0.2, 0.25) is 0 Å². The zero-order chi connectivity index (χ0) is 17.2. The second-order valence-electron chi connectivity index (χ2n) is 6.03. The molecule has 4 rings (SSSR count). The smallest absolute Gasteiger partial charge is 0.289 e. The third kappa shape index (κ3) is 3.17. The highest BCUT2D eigenvalue weighted by atomic mass is 19.1. The fourth-order valence-electron chi connectivity index (χ4n) is 3.04. The maximum atomic E-state index is 13.0. The van der Waals surface area contributed by atoms with Crippen LogP contribution in [-0.4, -0.2) is 34.0 Å². The highest BCUT2D eigenvalue weighted by Gasteiger charge is 2.30. The zero-order valence-corrected chi connectivity index (χ0v) is 13.4. The van der Waals surface area contributed by atoms with Crippen LogP contribution in [0.5, 0.6) is 0 Å². The van der Waals surface area contributed by atoms with Crippen LogP contribution in [0.3, 0.4) is 0 Å². The van der Waals surface area contributed by atoms with Crippen LogP contribution in [0.15, 0.2) is 51.6 Å². The number of aromatic nitrogens is 2. The highest BCUT2D eigenvalue weighted by molar-refractivity contribution is 5.91. The Labute approximate surface area is 143 Å². The molecule has 0 aliphatic carbocycles. The minimum atomic E-state index is -0.313. The van der Waals surface area contributed by atoms with Crippen molar-refractivity contribution in [2.45, 2.75) is 18.8 Å². The van der Waals surface area contributed by atoms with Gasteiger partial charge in [0.1, 0.15) is 5.82 Å². The Balaban J connectivity index is 1.50. The number of carbonyl (C=O) groups is 1. The molecular weight excluding hydrogens is 325 g/mol. The number of amides is 1. The van der Waals surface area contributed by atoms with Gasteiger partial charge in [-0.25, -0.2) is 4.39 Å². The molecule has 6 nitrogen and oxygen atoms in total. The third-order valence-electron chi connectivity index (χ3n) is 4.33. The van der Waals surface area contributed by atoms with Gasteiger partial charge in [-0.2, -0.15) is 4.98 Å². The Hall–Kier alpha value is -2.96. The lowest BCUT2D eigenvalue weighted by atomic mass is 9.97. The summed E-state index contributed by atoms with van der Waals surface area (Å²) in [7, 11) is 0. The highest BCUT2D eigenvalue weighted by Crippen LogP contribution is 2.28. The van der Waals surface area contributed by atoms with Crippen molar-refractivity contribution in [3.63, 3.8) is 0 Å². The molecule has 0 bridgehead atoms. The van der Waals surface area contributed by atoms with Crippen molar-refractivity contribution in [3.05, 3.63) is 60.1 Å². The van der Waals surface area contributed by atoms with Crippen molar-refractivity contribution in [1.29, 1.82) is 0 Å². The number of rotatable bonds is 3. The number of nitrogens with zero attached hydrogens (tertiary/aromatic N) is 3. The SMILES string of the molecule is O=C(c1ccco1)N1CCC[C@H](c2nc(-c3ccc(F)cc3)no2)C1. The predicted octanol–water partition coefficient (Wildman–Crippen LogP) is 3.49. The molecule has 1 aliphatic rings. The van der Waals surface area contributed by atoms with Gasteiger partial charge in [-0.1, -0.05) is 5.16 Å². The molecule has 1 fully saturated rings. The Bertz CT molecular complexity index is 858. The molecule has 1 saturated heterocycles. The average molecular weight is 341 g/mol. The van der Waals surface area contributed by atoms with Gasteiger partial charge in [0.2, 0.25) is 11.7 Å². The first-order chi connectivity index (χ1) is 12.2. The largest absolute Gasteiger partial charge is 0.459 e. The molecule has 0 spiro atoms. The van der Waals surface area contributed by atoms with E-state index >= 15 is 0 Å².